The molecule has 0 saturated heterocycles. The van der Waals surface area contributed by atoms with E-state index in [0.29, 0.717) is 11.3 Å². The highest BCUT2D eigenvalue weighted by Crippen LogP contribution is 2.28. The van der Waals surface area contributed by atoms with Crippen LogP contribution in [0.5, 0.6) is 0 Å². The van der Waals surface area contributed by atoms with Crippen LogP contribution in [0.15, 0.2) is 42.6 Å². The predicted molar refractivity (Wildman–Crippen MR) is 70.5 cm³/mol. The highest BCUT2D eigenvalue weighted by atomic mass is 19.1. The van der Waals surface area contributed by atoms with Crippen molar-refractivity contribution in [3.63, 3.8) is 0 Å². The third-order valence-corrected chi connectivity index (χ3v) is 3.09. The fourth-order valence-electron chi connectivity index (χ4n) is 2.20. The van der Waals surface area contributed by atoms with Crippen molar-refractivity contribution in [2.45, 2.75) is 0 Å². The van der Waals surface area contributed by atoms with Crippen LogP contribution in [0.25, 0.3) is 22.2 Å². The number of anilines is 1. The number of benzene rings is 1. The molecule has 18 heavy (non-hydrogen) atoms. The molecule has 0 spiro atoms. The van der Waals surface area contributed by atoms with Crippen molar-refractivity contribution >= 4 is 16.7 Å². The van der Waals surface area contributed by atoms with Crippen molar-refractivity contribution in [2.75, 3.05) is 5.73 Å². The number of nitrogens with zero attached hydrogens (tertiary/aromatic N) is 2. The first-order chi connectivity index (χ1) is 8.66. The van der Waals surface area contributed by atoms with E-state index < -0.39 is 0 Å². The van der Waals surface area contributed by atoms with E-state index in [-0.39, 0.29) is 5.82 Å². The average molecular weight is 241 g/mol. The van der Waals surface area contributed by atoms with Gasteiger partial charge in [-0.25, -0.2) is 9.37 Å². The maximum Gasteiger partial charge on any atom is 0.147 e. The number of hydrogen-bond donors (Lipinski definition) is 1. The van der Waals surface area contributed by atoms with E-state index in [9.17, 15) is 4.39 Å². The van der Waals surface area contributed by atoms with Crippen molar-refractivity contribution < 1.29 is 4.39 Å². The van der Waals surface area contributed by atoms with Gasteiger partial charge in [-0.1, -0.05) is 12.1 Å². The summed E-state index contributed by atoms with van der Waals surface area (Å²) in [5.74, 6) is 0.258. The molecule has 1 aromatic carbocycles. The van der Waals surface area contributed by atoms with Crippen molar-refractivity contribution in [2.24, 2.45) is 7.05 Å². The predicted octanol–water partition coefficient (Wildman–Crippen LogP) is 2.96. The van der Waals surface area contributed by atoms with Crippen LogP contribution in [0.4, 0.5) is 10.2 Å². The Morgan fingerprint density at radius 2 is 2.06 bits per heavy atom. The topological polar surface area (TPSA) is 43.8 Å². The molecule has 3 rings (SSSR count). The summed E-state index contributed by atoms with van der Waals surface area (Å²) in [6.45, 7) is 0. The summed E-state index contributed by atoms with van der Waals surface area (Å²) in [5, 5.41) is 0.879. The summed E-state index contributed by atoms with van der Waals surface area (Å²) >= 11 is 0. The Morgan fingerprint density at radius 1 is 1.22 bits per heavy atom. The minimum atomic E-state index is -0.218. The Hall–Kier alpha value is -2.36. The Morgan fingerprint density at radius 3 is 2.72 bits per heavy atom. The van der Waals surface area contributed by atoms with Crippen molar-refractivity contribution in [3.8, 4) is 11.3 Å². The molecule has 2 heterocycles. The standard InChI is InChI=1S/C14H12FN3/c1-18-12(10-5-6-13(16)17-8-10)7-9-3-2-4-11(15)14(9)18/h2-8H,1H3,(H2,16,17). The van der Waals surface area contributed by atoms with Crippen LogP contribution >= 0.6 is 0 Å². The van der Waals surface area contributed by atoms with E-state index in [4.69, 9.17) is 5.73 Å². The molecule has 0 bridgehead atoms. The molecule has 0 radical (unpaired) electrons. The molecule has 0 aliphatic rings. The highest BCUT2D eigenvalue weighted by molar-refractivity contribution is 5.87. The maximum atomic E-state index is 13.8. The molecule has 0 saturated carbocycles. The average Bonchev–Trinajstić information content (AvgIpc) is 2.69. The number of aromatic nitrogens is 2. The number of fused-ring (bicyclic) bond motifs is 1. The smallest absolute Gasteiger partial charge is 0.147 e. The quantitative estimate of drug-likeness (QED) is 0.711. The van der Waals surface area contributed by atoms with E-state index in [1.807, 2.05) is 29.8 Å². The molecule has 2 aromatic heterocycles. The van der Waals surface area contributed by atoms with Gasteiger partial charge < -0.3 is 10.3 Å². The molecule has 0 unspecified atom stereocenters. The van der Waals surface area contributed by atoms with E-state index in [1.165, 1.54) is 6.07 Å². The van der Waals surface area contributed by atoms with Gasteiger partial charge in [0.05, 0.1) is 11.2 Å². The van der Waals surface area contributed by atoms with E-state index >= 15 is 0 Å². The second-order valence-electron chi connectivity index (χ2n) is 4.24. The molecule has 2 N–H and O–H groups in total. The van der Waals surface area contributed by atoms with Crippen LogP contribution in [0.2, 0.25) is 0 Å². The van der Waals surface area contributed by atoms with E-state index in [2.05, 4.69) is 4.98 Å². The SMILES string of the molecule is Cn1c(-c2ccc(N)nc2)cc2cccc(F)c21. The fourth-order valence-corrected chi connectivity index (χ4v) is 2.20. The molecule has 4 heteroatoms. The Kier molecular flexibility index (Phi) is 2.30. The number of nitrogens with two attached hydrogens (primary N) is 1. The molecule has 3 aromatic rings. The summed E-state index contributed by atoms with van der Waals surface area (Å²) in [7, 11) is 1.84. The number of para-hydroxylation sites is 1. The van der Waals surface area contributed by atoms with Gasteiger partial charge in [-0.3, -0.25) is 0 Å². The normalized spacial score (nSPS) is 11.0. The Balaban J connectivity index is 2.27. The molecular weight excluding hydrogens is 229 g/mol. The van der Waals surface area contributed by atoms with Crippen molar-refractivity contribution in [3.05, 3.63) is 48.4 Å². The van der Waals surface area contributed by atoms with Crippen molar-refractivity contribution in [1.82, 2.24) is 9.55 Å². The zero-order chi connectivity index (χ0) is 12.7. The summed E-state index contributed by atoms with van der Waals surface area (Å²) in [4.78, 5) is 4.06. The van der Waals surface area contributed by atoms with Crippen LogP contribution in [0, 0.1) is 5.82 Å². The van der Waals surface area contributed by atoms with Crippen LogP contribution in [-0.2, 0) is 7.05 Å². The summed E-state index contributed by atoms with van der Waals surface area (Å²) < 4.78 is 15.6. The van der Waals surface area contributed by atoms with Crippen LogP contribution in [0.3, 0.4) is 0 Å². The van der Waals surface area contributed by atoms with Gasteiger partial charge in [-0.15, -0.1) is 0 Å². The molecule has 90 valence electrons. The fraction of sp³-hybridized carbons (Fsp3) is 0.0714. The van der Waals surface area contributed by atoms with Crippen LogP contribution < -0.4 is 5.73 Å². The first-order valence-electron chi connectivity index (χ1n) is 5.62. The summed E-state index contributed by atoms with van der Waals surface area (Å²) in [6, 6.07) is 10.6. The number of aryl methyl sites for hydroxylation is 1. The first kappa shape index (κ1) is 10.8. The van der Waals surface area contributed by atoms with Gasteiger partial charge in [0.15, 0.2) is 0 Å². The Bertz CT molecular complexity index is 714. The van der Waals surface area contributed by atoms with Gasteiger partial charge in [-0.05, 0) is 24.3 Å². The molecule has 0 aliphatic heterocycles. The minimum Gasteiger partial charge on any atom is -0.384 e. The first-order valence-corrected chi connectivity index (χ1v) is 5.62. The molecular formula is C14H12FN3. The highest BCUT2D eigenvalue weighted by Gasteiger charge is 2.11. The monoisotopic (exact) mass is 241 g/mol. The summed E-state index contributed by atoms with van der Waals surface area (Å²) in [6.07, 6.45) is 1.70. The minimum absolute atomic E-state index is 0.218. The third kappa shape index (κ3) is 1.54. The molecule has 3 nitrogen and oxygen atoms in total. The molecule has 0 fully saturated rings. The number of nitrogen functional groups attached to an aromatic ring is 1. The van der Waals surface area contributed by atoms with Crippen molar-refractivity contribution in [1.29, 1.82) is 0 Å². The lowest BCUT2D eigenvalue weighted by Gasteiger charge is -2.04. The number of rotatable bonds is 1. The number of pyridine rings is 1. The third-order valence-electron chi connectivity index (χ3n) is 3.09. The lowest BCUT2D eigenvalue weighted by atomic mass is 10.2. The summed E-state index contributed by atoms with van der Waals surface area (Å²) in [5.41, 5.74) is 8.00. The lowest BCUT2D eigenvalue weighted by Crippen LogP contribution is -1.95. The molecule has 0 aliphatic carbocycles. The van der Waals surface area contributed by atoms with Gasteiger partial charge in [-0.2, -0.15) is 0 Å². The molecule has 0 amide bonds. The maximum absolute atomic E-state index is 13.8. The van der Waals surface area contributed by atoms with Gasteiger partial charge in [0.2, 0.25) is 0 Å². The zero-order valence-electron chi connectivity index (χ0n) is 9.89. The van der Waals surface area contributed by atoms with E-state index in [1.54, 1.807) is 18.3 Å². The second kappa shape index (κ2) is 3.84. The lowest BCUT2D eigenvalue weighted by molar-refractivity contribution is 0.632. The zero-order valence-corrected chi connectivity index (χ0v) is 9.89. The van der Waals surface area contributed by atoms with E-state index in [0.717, 1.165) is 16.6 Å². The Labute approximate surface area is 104 Å². The molecule has 0 atom stereocenters. The van der Waals surface area contributed by atoms with Gasteiger partial charge in [0.25, 0.3) is 0 Å². The van der Waals surface area contributed by atoms with Gasteiger partial charge in [0.1, 0.15) is 11.6 Å². The van der Waals surface area contributed by atoms with Gasteiger partial charge in [0, 0.05) is 24.2 Å². The second-order valence-corrected chi connectivity index (χ2v) is 4.24. The largest absolute Gasteiger partial charge is 0.384 e. The van der Waals surface area contributed by atoms with Crippen LogP contribution in [0.1, 0.15) is 0 Å². The van der Waals surface area contributed by atoms with Crippen LogP contribution in [-0.4, -0.2) is 9.55 Å². The number of halogens is 1. The van der Waals surface area contributed by atoms with Gasteiger partial charge >= 0.3 is 0 Å². The number of hydrogen-bond acceptors (Lipinski definition) is 2.